The Kier molecular flexibility index (Phi) is 6.99. The molecule has 3 fully saturated rings. The van der Waals surface area contributed by atoms with E-state index in [4.69, 9.17) is 9.47 Å². The third-order valence-electron chi connectivity index (χ3n) is 8.63. The third-order valence-corrected chi connectivity index (χ3v) is 8.63. The number of tetrazole rings is 1. The zero-order valence-electron chi connectivity index (χ0n) is 21.8. The molecule has 1 aliphatic carbocycles. The number of ether oxygens (including phenoxy) is 2. The maximum Gasteiger partial charge on any atom is 0.253 e. The van der Waals surface area contributed by atoms with Gasteiger partial charge in [-0.2, -0.15) is 0 Å². The summed E-state index contributed by atoms with van der Waals surface area (Å²) in [5.41, 5.74) is 1.74. The van der Waals surface area contributed by atoms with Crippen molar-refractivity contribution < 1.29 is 9.47 Å². The fraction of sp³-hybridized carbons (Fsp3) is 0.643. The minimum absolute atomic E-state index is 0.0865. The number of benzene rings is 1. The Morgan fingerprint density at radius 2 is 2.03 bits per heavy atom. The van der Waals surface area contributed by atoms with Crippen LogP contribution in [0.25, 0.3) is 10.9 Å². The molecule has 6 rings (SSSR count). The van der Waals surface area contributed by atoms with Gasteiger partial charge in [-0.05, 0) is 92.1 Å². The van der Waals surface area contributed by atoms with E-state index in [0.717, 1.165) is 61.4 Å². The molecule has 9 nitrogen and oxygen atoms in total. The Bertz CT molecular complexity index is 1270. The minimum atomic E-state index is -0.320. The van der Waals surface area contributed by atoms with Crippen LogP contribution in [-0.2, 0) is 11.3 Å². The molecular weight excluding hydrogens is 468 g/mol. The van der Waals surface area contributed by atoms with Crippen molar-refractivity contribution in [3.05, 3.63) is 46.0 Å². The van der Waals surface area contributed by atoms with Crippen molar-refractivity contribution in [2.45, 2.75) is 83.4 Å². The second kappa shape index (κ2) is 10.5. The van der Waals surface area contributed by atoms with Crippen molar-refractivity contribution in [1.29, 1.82) is 0 Å². The van der Waals surface area contributed by atoms with Crippen LogP contribution < -0.4 is 10.3 Å². The Hall–Kier alpha value is -2.78. The van der Waals surface area contributed by atoms with Gasteiger partial charge in [0, 0.05) is 29.6 Å². The SMILES string of the molecule is CCOc1ccc2[nH]c(=O)c([C@@H](c3nnnn3C[C@H]3CCCO3)N3CCCC4(CCCCC4)C3)cc2c1. The van der Waals surface area contributed by atoms with Crippen LogP contribution >= 0.6 is 0 Å². The first-order valence-corrected chi connectivity index (χ1v) is 14.1. The van der Waals surface area contributed by atoms with E-state index < -0.39 is 0 Å². The number of aromatic nitrogens is 5. The largest absolute Gasteiger partial charge is 0.494 e. The number of H-pyrrole nitrogens is 1. The number of piperidine rings is 1. The van der Waals surface area contributed by atoms with E-state index in [1.54, 1.807) is 0 Å². The summed E-state index contributed by atoms with van der Waals surface area (Å²) < 4.78 is 13.5. The number of hydrogen-bond acceptors (Lipinski definition) is 7. The van der Waals surface area contributed by atoms with Crippen LogP contribution in [0.2, 0.25) is 0 Å². The summed E-state index contributed by atoms with van der Waals surface area (Å²) in [6.45, 7) is 5.86. The van der Waals surface area contributed by atoms with Gasteiger partial charge in [-0.3, -0.25) is 9.69 Å². The Labute approximate surface area is 217 Å². The highest BCUT2D eigenvalue weighted by Crippen LogP contribution is 2.45. The molecule has 4 heterocycles. The van der Waals surface area contributed by atoms with Crippen molar-refractivity contribution >= 4 is 10.9 Å². The standard InChI is InChI=1S/C28H38N6O3/c1-2-36-21-9-10-24-20(16-21)17-23(27(35)29-24)25(26-30-31-32-34(26)18-22-8-6-15-37-22)33-14-7-13-28(19-33)11-4-3-5-12-28/h9-10,16-17,22,25H,2-8,11-15,18-19H2,1H3,(H,29,35)/t22-,25+/m1/s1. The lowest BCUT2D eigenvalue weighted by atomic mass is 9.69. The van der Waals surface area contributed by atoms with Gasteiger partial charge in [0.2, 0.25) is 0 Å². The number of fused-ring (bicyclic) bond motifs is 1. The number of nitrogens with one attached hydrogen (secondary N) is 1. The van der Waals surface area contributed by atoms with Gasteiger partial charge >= 0.3 is 0 Å². The van der Waals surface area contributed by atoms with Crippen LogP contribution in [0, 0.1) is 5.41 Å². The van der Waals surface area contributed by atoms with Crippen LogP contribution in [0.15, 0.2) is 29.1 Å². The minimum Gasteiger partial charge on any atom is -0.494 e. The lowest BCUT2D eigenvalue weighted by Gasteiger charge is -2.47. The molecule has 198 valence electrons. The average Bonchev–Trinajstić information content (AvgIpc) is 3.58. The molecule has 3 aromatic rings. The van der Waals surface area contributed by atoms with Gasteiger partial charge < -0.3 is 14.5 Å². The highest BCUT2D eigenvalue weighted by atomic mass is 16.5. The van der Waals surface area contributed by atoms with Gasteiger partial charge in [-0.15, -0.1) is 5.10 Å². The smallest absolute Gasteiger partial charge is 0.253 e. The van der Waals surface area contributed by atoms with Crippen molar-refractivity contribution in [3.8, 4) is 5.75 Å². The summed E-state index contributed by atoms with van der Waals surface area (Å²) >= 11 is 0. The Morgan fingerprint density at radius 1 is 1.16 bits per heavy atom. The summed E-state index contributed by atoms with van der Waals surface area (Å²) in [7, 11) is 0. The lowest BCUT2D eigenvalue weighted by molar-refractivity contribution is 0.0326. The maximum atomic E-state index is 13.6. The van der Waals surface area contributed by atoms with Gasteiger partial charge in [-0.1, -0.05) is 19.3 Å². The third kappa shape index (κ3) is 5.03. The first-order valence-electron chi connectivity index (χ1n) is 14.1. The van der Waals surface area contributed by atoms with Crippen LogP contribution in [0.1, 0.15) is 82.1 Å². The Balaban J connectivity index is 1.43. The van der Waals surface area contributed by atoms with Crippen LogP contribution in [0.5, 0.6) is 5.75 Å². The average molecular weight is 507 g/mol. The fourth-order valence-electron chi connectivity index (χ4n) is 6.86. The van der Waals surface area contributed by atoms with E-state index in [9.17, 15) is 4.79 Å². The summed E-state index contributed by atoms with van der Waals surface area (Å²) in [5.74, 6) is 1.53. The highest BCUT2D eigenvalue weighted by Gasteiger charge is 2.41. The zero-order chi connectivity index (χ0) is 25.2. The predicted octanol–water partition coefficient (Wildman–Crippen LogP) is 4.23. The number of hydrogen-bond donors (Lipinski definition) is 1. The van der Waals surface area contributed by atoms with Crippen LogP contribution in [0.3, 0.4) is 0 Å². The highest BCUT2D eigenvalue weighted by molar-refractivity contribution is 5.80. The van der Waals surface area contributed by atoms with Crippen molar-refractivity contribution in [2.75, 3.05) is 26.3 Å². The molecule has 2 aliphatic heterocycles. The normalized spacial score (nSPS) is 23.0. The molecule has 2 aromatic heterocycles. The van der Waals surface area contributed by atoms with Gasteiger partial charge in [-0.25, -0.2) is 4.68 Å². The van der Waals surface area contributed by atoms with Crippen LogP contribution in [0.4, 0.5) is 0 Å². The first kappa shape index (κ1) is 24.6. The number of rotatable bonds is 7. The van der Waals surface area contributed by atoms with Crippen LogP contribution in [-0.4, -0.2) is 62.5 Å². The molecular formula is C28H38N6O3. The van der Waals surface area contributed by atoms with Gasteiger partial charge in [0.1, 0.15) is 11.8 Å². The summed E-state index contributed by atoms with van der Waals surface area (Å²) in [4.78, 5) is 19.2. The molecule has 0 radical (unpaired) electrons. The van der Waals surface area contributed by atoms with Gasteiger partial charge in [0.05, 0.1) is 19.3 Å². The molecule has 2 saturated heterocycles. The Morgan fingerprint density at radius 3 is 2.84 bits per heavy atom. The topological polar surface area (TPSA) is 98.2 Å². The van der Waals surface area contributed by atoms with Gasteiger partial charge in [0.25, 0.3) is 5.56 Å². The molecule has 2 atom stereocenters. The number of nitrogens with zero attached hydrogens (tertiary/aromatic N) is 5. The van der Waals surface area contributed by atoms with E-state index in [2.05, 4.69) is 25.4 Å². The number of aromatic amines is 1. The van der Waals surface area contributed by atoms with Gasteiger partial charge in [0.15, 0.2) is 5.82 Å². The summed E-state index contributed by atoms with van der Waals surface area (Å²) in [6, 6.07) is 7.52. The van der Waals surface area contributed by atoms with E-state index in [0.29, 0.717) is 24.1 Å². The molecule has 9 heteroatoms. The molecule has 0 unspecified atom stereocenters. The molecule has 1 N–H and O–H groups in total. The van der Waals surface area contributed by atoms with E-state index in [1.807, 2.05) is 35.9 Å². The van der Waals surface area contributed by atoms with E-state index in [1.165, 1.54) is 38.5 Å². The summed E-state index contributed by atoms with van der Waals surface area (Å²) in [5, 5.41) is 14.0. The van der Waals surface area contributed by atoms with E-state index >= 15 is 0 Å². The van der Waals surface area contributed by atoms with Crippen molar-refractivity contribution in [2.24, 2.45) is 5.41 Å². The number of likely N-dealkylation sites (tertiary alicyclic amines) is 1. The molecule has 1 aromatic carbocycles. The quantitative estimate of drug-likeness (QED) is 0.512. The molecule has 37 heavy (non-hydrogen) atoms. The predicted molar refractivity (Wildman–Crippen MR) is 141 cm³/mol. The van der Waals surface area contributed by atoms with E-state index in [-0.39, 0.29) is 17.7 Å². The number of pyridine rings is 1. The van der Waals surface area contributed by atoms with Crippen molar-refractivity contribution in [1.82, 2.24) is 30.1 Å². The van der Waals surface area contributed by atoms with Crippen molar-refractivity contribution in [3.63, 3.8) is 0 Å². The second-order valence-electron chi connectivity index (χ2n) is 11.1. The molecule has 0 amide bonds. The molecule has 1 saturated carbocycles. The zero-order valence-corrected chi connectivity index (χ0v) is 21.8. The maximum absolute atomic E-state index is 13.6. The molecule has 1 spiro atoms. The summed E-state index contributed by atoms with van der Waals surface area (Å²) in [6.07, 6.45) is 11.0. The lowest BCUT2D eigenvalue weighted by Crippen LogP contribution is -2.47. The second-order valence-corrected chi connectivity index (χ2v) is 11.1. The molecule has 0 bridgehead atoms. The molecule has 3 aliphatic rings. The fourth-order valence-corrected chi connectivity index (χ4v) is 6.86. The first-order chi connectivity index (χ1) is 18.1. The monoisotopic (exact) mass is 506 g/mol.